The molecule has 1 radical (unpaired) electrons. The summed E-state index contributed by atoms with van der Waals surface area (Å²) in [7, 11) is 0. The molecule has 5 heterocycles. The maximum Gasteiger partial charge on any atom is 0 e. The SMILES string of the molecule is CC(C)c1cc(-c2ccccc2)cc(C(C)C)c1-n1c(-c2[c-]ccc3c2oc2nc(CC(C)(C)C)ccc23)nc2ccc3cccnc3c21.Cc1c[c-]c(-c2cc(CC(C)C)[c]([Ge]([CH3])([CH3])[CH3])cn2)c(C)c1.[Ir]. The van der Waals surface area contributed by atoms with Crippen molar-refractivity contribution in [2.45, 2.75) is 118 Å². The summed E-state index contributed by atoms with van der Waals surface area (Å²) in [4.78, 5) is 20.1. The predicted molar refractivity (Wildman–Crippen MR) is 302 cm³/mol. The second-order valence-electron chi connectivity index (χ2n) is 22.9. The number of aryl methyl sites for hydroxylation is 2. The van der Waals surface area contributed by atoms with E-state index in [1.807, 2.05) is 18.3 Å². The fourth-order valence-corrected chi connectivity index (χ4v) is 13.5. The number of hydrogen-bond acceptors (Lipinski definition) is 5. The zero-order chi connectivity index (χ0) is 50.5. The van der Waals surface area contributed by atoms with Crippen molar-refractivity contribution in [1.29, 1.82) is 0 Å². The average molecular weight is 1190 g/mol. The molecule has 0 unspecified atom stereocenters. The zero-order valence-electron chi connectivity index (χ0n) is 44.7. The van der Waals surface area contributed by atoms with E-state index < -0.39 is 13.3 Å². The Labute approximate surface area is 443 Å². The van der Waals surface area contributed by atoms with Crippen molar-refractivity contribution in [2.75, 3.05) is 0 Å². The van der Waals surface area contributed by atoms with E-state index in [1.165, 1.54) is 38.9 Å². The summed E-state index contributed by atoms with van der Waals surface area (Å²) in [5.41, 5.74) is 18.4. The van der Waals surface area contributed by atoms with Gasteiger partial charge in [-0.1, -0.05) is 102 Å². The largest absolute Gasteiger partial charge is 0 e. The van der Waals surface area contributed by atoms with Gasteiger partial charge in [0.25, 0.3) is 0 Å². The van der Waals surface area contributed by atoms with Gasteiger partial charge in [-0.3, -0.25) is 9.97 Å². The third-order valence-corrected chi connectivity index (χ3v) is 17.7. The quantitative estimate of drug-likeness (QED) is 0.101. The van der Waals surface area contributed by atoms with E-state index in [2.05, 4.69) is 213 Å². The molecule has 0 bridgehead atoms. The molecule has 0 N–H and O–H groups in total. The molecular formula is C64H69GeIrN5O-2. The third kappa shape index (κ3) is 10.8. The molecule has 0 saturated heterocycles. The van der Waals surface area contributed by atoms with Crippen molar-refractivity contribution in [3.05, 3.63) is 167 Å². The summed E-state index contributed by atoms with van der Waals surface area (Å²) in [5.74, 6) is 9.27. The molecule has 5 aromatic heterocycles. The number of fused-ring (bicyclic) bond motifs is 6. The van der Waals surface area contributed by atoms with Crippen molar-refractivity contribution in [3.63, 3.8) is 0 Å². The number of imidazole rings is 1. The first-order valence-corrected chi connectivity index (χ1v) is 32.8. The molecule has 0 aliphatic rings. The summed E-state index contributed by atoms with van der Waals surface area (Å²) < 4.78 is 10.6. The topological polar surface area (TPSA) is 69.6 Å². The molecule has 371 valence electrons. The molecule has 0 spiro atoms. The molecule has 0 fully saturated rings. The van der Waals surface area contributed by atoms with Gasteiger partial charge < -0.3 is 8.98 Å². The van der Waals surface area contributed by atoms with Crippen molar-refractivity contribution in [1.82, 2.24) is 24.5 Å². The molecule has 0 saturated carbocycles. The number of benzene rings is 5. The van der Waals surface area contributed by atoms with Gasteiger partial charge in [0.15, 0.2) is 0 Å². The molecule has 8 heteroatoms. The molecule has 0 atom stereocenters. The first kappa shape index (κ1) is 52.6. The molecule has 10 aromatic rings. The Balaban J connectivity index is 0.000000254. The van der Waals surface area contributed by atoms with Crippen LogP contribution in [-0.4, -0.2) is 37.8 Å². The van der Waals surface area contributed by atoms with Crippen LogP contribution >= 0.6 is 0 Å². The summed E-state index contributed by atoms with van der Waals surface area (Å²) in [6.07, 6.45) is 6.03. The molecular weight excluding hydrogens is 1120 g/mol. The Kier molecular flexibility index (Phi) is 15.3. The van der Waals surface area contributed by atoms with Gasteiger partial charge in [0.2, 0.25) is 5.71 Å². The van der Waals surface area contributed by atoms with Crippen LogP contribution in [0.4, 0.5) is 0 Å². The summed E-state index contributed by atoms with van der Waals surface area (Å²) >= 11 is -1.89. The van der Waals surface area contributed by atoms with Crippen molar-refractivity contribution >= 4 is 61.7 Å². The molecule has 0 aliphatic carbocycles. The van der Waals surface area contributed by atoms with E-state index in [1.54, 1.807) is 4.40 Å². The number of aromatic nitrogens is 5. The Morgan fingerprint density at radius 3 is 2.10 bits per heavy atom. The minimum Gasteiger partial charge on any atom is 0 e. The molecule has 5 aromatic carbocycles. The third-order valence-electron chi connectivity index (χ3n) is 13.4. The number of nitrogens with zero attached hydrogens (tertiary/aromatic N) is 5. The van der Waals surface area contributed by atoms with Crippen LogP contribution in [-0.2, 0) is 32.9 Å². The van der Waals surface area contributed by atoms with Crippen LogP contribution < -0.4 is 4.40 Å². The standard InChI is InChI=1S/C44H41N4O.C20H28GeN.Ir/c1-26(2)35-23-30(28-13-9-8-10-14-28)24-36(27(3)4)39(35)48-40-37(21-18-29-15-12-22-45-38(29)40)47-42(48)34-17-11-16-32-33-20-19-31(25-44(5,6)7)46-43(33)49-41(32)34;1-14(2)10-17-12-20(22-13-19(17)21(5,6)7)18-9-8-15(3)11-16(18)4;/h8-16,18-24,26-27H,25H2,1-7H3;8,11-14H,10H2,1-7H3;/q2*-1;. The average Bonchev–Trinajstić information content (AvgIpc) is 3.89. The van der Waals surface area contributed by atoms with Gasteiger partial charge >= 0.3 is 138 Å². The van der Waals surface area contributed by atoms with Gasteiger partial charge in [-0.05, 0) is 82.3 Å². The Morgan fingerprint density at radius 1 is 0.722 bits per heavy atom. The van der Waals surface area contributed by atoms with Crippen LogP contribution in [0.1, 0.15) is 108 Å². The first-order chi connectivity index (χ1) is 33.8. The zero-order valence-corrected chi connectivity index (χ0v) is 49.2. The second-order valence-corrected chi connectivity index (χ2v) is 33.4. The molecule has 72 heavy (non-hydrogen) atoms. The van der Waals surface area contributed by atoms with E-state index in [4.69, 9.17) is 24.4 Å². The number of hydrogen-bond donors (Lipinski definition) is 0. The second kappa shape index (κ2) is 21.0. The molecule has 10 rings (SSSR count). The monoisotopic (exact) mass is 1190 g/mol. The predicted octanol–water partition coefficient (Wildman–Crippen LogP) is 16.7. The fourth-order valence-electron chi connectivity index (χ4n) is 10.1. The minimum atomic E-state index is -1.89. The maximum atomic E-state index is 6.69. The van der Waals surface area contributed by atoms with Gasteiger partial charge in [-0.25, -0.2) is 4.98 Å². The minimum absolute atomic E-state index is 0. The van der Waals surface area contributed by atoms with Crippen LogP contribution in [0.5, 0.6) is 0 Å². The molecule has 0 amide bonds. The summed E-state index contributed by atoms with van der Waals surface area (Å²) in [6, 6.07) is 45.7. The maximum absolute atomic E-state index is 6.69. The van der Waals surface area contributed by atoms with Crippen molar-refractivity contribution in [3.8, 4) is 39.5 Å². The van der Waals surface area contributed by atoms with Crippen molar-refractivity contribution in [2.24, 2.45) is 11.3 Å². The number of rotatable bonds is 10. The normalized spacial score (nSPS) is 12.1. The van der Waals surface area contributed by atoms with E-state index in [0.717, 1.165) is 85.2 Å². The summed E-state index contributed by atoms with van der Waals surface area (Å²) in [5, 5.41) is 3.07. The van der Waals surface area contributed by atoms with E-state index in [-0.39, 0.29) is 37.4 Å². The number of pyridine rings is 3. The van der Waals surface area contributed by atoms with Gasteiger partial charge in [0.1, 0.15) is 0 Å². The Bertz CT molecular complexity index is 3540. The molecule has 0 aliphatic heterocycles. The Hall–Kier alpha value is -5.73. The van der Waals surface area contributed by atoms with Crippen LogP contribution in [0.15, 0.2) is 126 Å². The van der Waals surface area contributed by atoms with Crippen LogP contribution in [0.2, 0.25) is 17.3 Å². The number of furan rings is 1. The van der Waals surface area contributed by atoms with Gasteiger partial charge in [0, 0.05) is 48.5 Å². The van der Waals surface area contributed by atoms with Crippen LogP contribution in [0.25, 0.3) is 83.5 Å². The first-order valence-electron chi connectivity index (χ1n) is 25.5. The van der Waals surface area contributed by atoms with E-state index in [9.17, 15) is 0 Å². The van der Waals surface area contributed by atoms with Gasteiger partial charge in [-0.15, -0.1) is 18.2 Å². The van der Waals surface area contributed by atoms with Crippen molar-refractivity contribution < 1.29 is 24.5 Å². The van der Waals surface area contributed by atoms with Gasteiger partial charge in [-0.2, -0.15) is 0 Å². The van der Waals surface area contributed by atoms with Crippen LogP contribution in [0.3, 0.4) is 0 Å². The Morgan fingerprint density at radius 2 is 1.44 bits per heavy atom. The van der Waals surface area contributed by atoms with Crippen LogP contribution in [0, 0.1) is 37.3 Å². The smallest absolute Gasteiger partial charge is 0 e. The fraction of sp³-hybridized carbons (Fsp3) is 0.312. The van der Waals surface area contributed by atoms with E-state index in [0.29, 0.717) is 11.6 Å². The summed E-state index contributed by atoms with van der Waals surface area (Å²) in [6.45, 7) is 24.7. The van der Waals surface area contributed by atoms with E-state index >= 15 is 0 Å². The molecule has 6 nitrogen and oxygen atoms in total. The van der Waals surface area contributed by atoms with Gasteiger partial charge in [0.05, 0.1) is 28.0 Å².